The molecule has 3 rings (SSSR count). The van der Waals surface area contributed by atoms with E-state index in [0.717, 1.165) is 50.1 Å². The van der Waals surface area contributed by atoms with Crippen LogP contribution in [0.25, 0.3) is 0 Å². The Hall–Kier alpha value is -2.16. The number of hydrogen-bond donors (Lipinski definition) is 1. The highest BCUT2D eigenvalue weighted by Gasteiger charge is 2.20. The molecule has 0 atom stereocenters. The fraction of sp³-hybridized carbons (Fsp3) is 0.381. The molecule has 7 heteroatoms. The Kier molecular flexibility index (Phi) is 9.19. The lowest BCUT2D eigenvalue weighted by Gasteiger charge is -2.37. The summed E-state index contributed by atoms with van der Waals surface area (Å²) in [4.78, 5) is 9.46. The van der Waals surface area contributed by atoms with Gasteiger partial charge in [0.25, 0.3) is 0 Å². The summed E-state index contributed by atoms with van der Waals surface area (Å²) < 4.78 is 10.7. The second-order valence-corrected chi connectivity index (χ2v) is 6.38. The van der Waals surface area contributed by atoms with Gasteiger partial charge in [-0.1, -0.05) is 12.1 Å². The number of guanidine groups is 1. The van der Waals surface area contributed by atoms with Crippen LogP contribution in [-0.4, -0.2) is 57.2 Å². The minimum absolute atomic E-state index is 0. The number of methoxy groups -OCH3 is 1. The molecule has 0 unspecified atom stereocenters. The molecule has 0 amide bonds. The normalized spacial score (nSPS) is 14.4. The minimum atomic E-state index is 0. The summed E-state index contributed by atoms with van der Waals surface area (Å²) >= 11 is 0. The maximum atomic E-state index is 5.39. The van der Waals surface area contributed by atoms with Crippen molar-refractivity contribution in [1.82, 2.24) is 10.2 Å². The molecule has 1 aromatic heterocycles. The zero-order valence-electron chi connectivity index (χ0n) is 16.3. The van der Waals surface area contributed by atoms with Crippen LogP contribution < -0.4 is 15.0 Å². The van der Waals surface area contributed by atoms with E-state index >= 15 is 0 Å². The molecule has 152 valence electrons. The molecule has 2 heterocycles. The predicted molar refractivity (Wildman–Crippen MR) is 125 cm³/mol. The zero-order chi connectivity index (χ0) is 18.9. The van der Waals surface area contributed by atoms with Crippen molar-refractivity contribution in [2.24, 2.45) is 4.99 Å². The van der Waals surface area contributed by atoms with Crippen LogP contribution in [0.15, 0.2) is 64.7 Å². The van der Waals surface area contributed by atoms with E-state index in [0.29, 0.717) is 13.1 Å². The lowest BCUT2D eigenvalue weighted by molar-refractivity contribution is 0.372. The average molecular weight is 496 g/mol. The smallest absolute Gasteiger partial charge is 0.194 e. The first kappa shape index (κ1) is 22.1. The van der Waals surface area contributed by atoms with Gasteiger partial charge in [-0.3, -0.25) is 4.99 Å². The van der Waals surface area contributed by atoms with E-state index in [1.165, 1.54) is 5.69 Å². The van der Waals surface area contributed by atoms with Gasteiger partial charge in [0, 0.05) is 57.4 Å². The molecule has 0 spiro atoms. The van der Waals surface area contributed by atoms with Crippen molar-refractivity contribution in [3.05, 3.63) is 61.1 Å². The van der Waals surface area contributed by atoms with Crippen LogP contribution in [0, 0.1) is 0 Å². The fourth-order valence-corrected chi connectivity index (χ4v) is 3.14. The van der Waals surface area contributed by atoms with E-state index in [1.807, 2.05) is 30.3 Å². The highest BCUT2D eigenvalue weighted by atomic mass is 127. The molecular weight excluding hydrogens is 467 g/mol. The van der Waals surface area contributed by atoms with Crippen molar-refractivity contribution >= 4 is 35.6 Å². The summed E-state index contributed by atoms with van der Waals surface area (Å²) in [5.41, 5.74) is 1.20. The lowest BCUT2D eigenvalue weighted by Crippen LogP contribution is -2.52. The SMILES string of the molecule is C=CCNC(=NCCc1ccco1)N1CCN(c2cccc(OC)c2)CC1.I. The molecule has 1 aromatic carbocycles. The Bertz CT molecular complexity index is 741. The van der Waals surface area contributed by atoms with Crippen LogP contribution in [0.5, 0.6) is 5.75 Å². The third kappa shape index (κ3) is 6.19. The van der Waals surface area contributed by atoms with Crippen molar-refractivity contribution in [2.45, 2.75) is 6.42 Å². The van der Waals surface area contributed by atoms with Crippen molar-refractivity contribution < 1.29 is 9.15 Å². The first-order chi connectivity index (χ1) is 13.3. The largest absolute Gasteiger partial charge is 0.497 e. The zero-order valence-corrected chi connectivity index (χ0v) is 18.7. The van der Waals surface area contributed by atoms with E-state index in [4.69, 9.17) is 14.1 Å². The van der Waals surface area contributed by atoms with Gasteiger partial charge in [0.1, 0.15) is 11.5 Å². The summed E-state index contributed by atoms with van der Waals surface area (Å²) in [6.07, 6.45) is 4.36. The second-order valence-electron chi connectivity index (χ2n) is 6.38. The van der Waals surface area contributed by atoms with E-state index in [2.05, 4.69) is 33.8 Å². The van der Waals surface area contributed by atoms with Gasteiger partial charge in [-0.05, 0) is 24.3 Å². The number of ether oxygens (including phenoxy) is 1. The minimum Gasteiger partial charge on any atom is -0.497 e. The number of aliphatic imine (C=N–C) groups is 1. The van der Waals surface area contributed by atoms with Crippen molar-refractivity contribution in [3.8, 4) is 5.75 Å². The van der Waals surface area contributed by atoms with Gasteiger partial charge < -0.3 is 24.3 Å². The van der Waals surface area contributed by atoms with Crippen molar-refractivity contribution in [2.75, 3.05) is 51.3 Å². The third-order valence-electron chi connectivity index (χ3n) is 4.60. The molecular formula is C21H29IN4O2. The van der Waals surface area contributed by atoms with Gasteiger partial charge in [0.2, 0.25) is 0 Å². The molecule has 0 saturated carbocycles. The van der Waals surface area contributed by atoms with Crippen molar-refractivity contribution in [1.29, 1.82) is 0 Å². The summed E-state index contributed by atoms with van der Waals surface area (Å²) in [5.74, 6) is 2.79. The van der Waals surface area contributed by atoms with Crippen LogP contribution in [-0.2, 0) is 6.42 Å². The molecule has 0 aliphatic carbocycles. The number of nitrogens with one attached hydrogen (secondary N) is 1. The van der Waals surface area contributed by atoms with E-state index in [9.17, 15) is 0 Å². The van der Waals surface area contributed by atoms with E-state index < -0.39 is 0 Å². The van der Waals surface area contributed by atoms with Gasteiger partial charge in [-0.15, -0.1) is 30.6 Å². The van der Waals surface area contributed by atoms with Gasteiger partial charge >= 0.3 is 0 Å². The Balaban J connectivity index is 0.00000280. The number of nitrogens with zero attached hydrogens (tertiary/aromatic N) is 3. The number of piperazine rings is 1. The Morgan fingerprint density at radius 3 is 2.75 bits per heavy atom. The Labute approximate surface area is 184 Å². The number of rotatable bonds is 7. The molecule has 1 fully saturated rings. The highest BCUT2D eigenvalue weighted by molar-refractivity contribution is 14.0. The molecule has 1 N–H and O–H groups in total. The first-order valence-corrected chi connectivity index (χ1v) is 9.35. The van der Waals surface area contributed by atoms with Gasteiger partial charge in [-0.2, -0.15) is 0 Å². The van der Waals surface area contributed by atoms with Crippen LogP contribution >= 0.6 is 24.0 Å². The summed E-state index contributed by atoms with van der Waals surface area (Å²) in [7, 11) is 1.70. The molecule has 2 aromatic rings. The van der Waals surface area contributed by atoms with Crippen LogP contribution in [0.1, 0.15) is 5.76 Å². The third-order valence-corrected chi connectivity index (χ3v) is 4.60. The number of anilines is 1. The van der Waals surface area contributed by atoms with Gasteiger partial charge in [0.05, 0.1) is 13.4 Å². The van der Waals surface area contributed by atoms with Crippen LogP contribution in [0.3, 0.4) is 0 Å². The van der Waals surface area contributed by atoms with Gasteiger partial charge in [-0.25, -0.2) is 0 Å². The molecule has 0 radical (unpaired) electrons. The first-order valence-electron chi connectivity index (χ1n) is 9.35. The Morgan fingerprint density at radius 2 is 2.07 bits per heavy atom. The molecule has 28 heavy (non-hydrogen) atoms. The van der Waals surface area contributed by atoms with Gasteiger partial charge in [0.15, 0.2) is 5.96 Å². The average Bonchev–Trinajstić information content (AvgIpc) is 3.24. The second kappa shape index (κ2) is 11.6. The van der Waals surface area contributed by atoms with Crippen LogP contribution in [0.2, 0.25) is 0 Å². The molecule has 6 nitrogen and oxygen atoms in total. The van der Waals surface area contributed by atoms with E-state index in [-0.39, 0.29) is 24.0 Å². The summed E-state index contributed by atoms with van der Waals surface area (Å²) in [6.45, 7) is 8.92. The fourth-order valence-electron chi connectivity index (χ4n) is 3.14. The molecule has 1 aliphatic rings. The Morgan fingerprint density at radius 1 is 1.25 bits per heavy atom. The van der Waals surface area contributed by atoms with Crippen LogP contribution in [0.4, 0.5) is 5.69 Å². The quantitative estimate of drug-likeness (QED) is 0.276. The van der Waals surface area contributed by atoms with E-state index in [1.54, 1.807) is 13.4 Å². The molecule has 1 aliphatic heterocycles. The predicted octanol–water partition coefficient (Wildman–Crippen LogP) is 3.40. The lowest BCUT2D eigenvalue weighted by atomic mass is 10.2. The van der Waals surface area contributed by atoms with Crippen molar-refractivity contribution in [3.63, 3.8) is 0 Å². The number of benzene rings is 1. The maximum absolute atomic E-state index is 5.39. The topological polar surface area (TPSA) is 53.2 Å². The molecule has 0 bridgehead atoms. The number of hydrogen-bond acceptors (Lipinski definition) is 4. The number of furan rings is 1. The molecule has 1 saturated heterocycles. The highest BCUT2D eigenvalue weighted by Crippen LogP contribution is 2.22. The monoisotopic (exact) mass is 496 g/mol. The summed E-state index contributed by atoms with van der Waals surface area (Å²) in [5, 5.41) is 3.38. The number of halogens is 1. The summed E-state index contributed by atoms with van der Waals surface area (Å²) in [6, 6.07) is 12.1. The maximum Gasteiger partial charge on any atom is 0.194 e. The standard InChI is InChI=1S/C21H28N4O2.HI/c1-3-10-22-21(23-11-9-19-8-5-16-27-19)25-14-12-24(13-15-25)18-6-4-7-20(17-18)26-2;/h3-8,16-17H,1,9-15H2,2H3,(H,22,23);1H.